The van der Waals surface area contributed by atoms with Gasteiger partial charge in [-0.15, -0.1) is 10.2 Å². The molecule has 2 heterocycles. The number of rotatable bonds is 2. The van der Waals surface area contributed by atoms with E-state index < -0.39 is 0 Å². The minimum absolute atomic E-state index is 0.591. The van der Waals surface area contributed by atoms with Gasteiger partial charge in [-0.3, -0.25) is 4.90 Å². The third kappa shape index (κ3) is 2.44. The Labute approximate surface area is 109 Å². The van der Waals surface area contributed by atoms with Crippen molar-refractivity contribution in [3.63, 3.8) is 0 Å². The zero-order valence-electron chi connectivity index (χ0n) is 11.4. The van der Waals surface area contributed by atoms with Crippen LogP contribution in [-0.2, 0) is 7.05 Å². The lowest BCUT2D eigenvalue weighted by molar-refractivity contribution is 0.116. The van der Waals surface area contributed by atoms with Crippen LogP contribution in [0.2, 0.25) is 0 Å². The first-order valence-corrected chi connectivity index (χ1v) is 7.42. The molecule has 0 aromatic carbocycles. The number of aromatic nitrogens is 3. The van der Waals surface area contributed by atoms with Crippen LogP contribution in [-0.4, -0.2) is 38.8 Å². The van der Waals surface area contributed by atoms with Gasteiger partial charge in [0.05, 0.1) is 0 Å². The fraction of sp³-hybridized carbons (Fsp3) is 0.857. The molecule has 2 aliphatic rings. The quantitative estimate of drug-likeness (QED) is 0.805. The first-order valence-electron chi connectivity index (χ1n) is 7.42. The topological polar surface area (TPSA) is 34.0 Å². The molecule has 4 nitrogen and oxygen atoms in total. The second-order valence-electron chi connectivity index (χ2n) is 5.93. The molecule has 0 bridgehead atoms. The normalized spacial score (nSPS) is 27.5. The molecule has 0 amide bonds. The third-order valence-corrected chi connectivity index (χ3v) is 4.66. The Morgan fingerprint density at radius 1 is 1.11 bits per heavy atom. The first kappa shape index (κ1) is 12.2. The first-order chi connectivity index (χ1) is 8.84. The Balaban J connectivity index is 1.66. The van der Waals surface area contributed by atoms with Gasteiger partial charge in [0.2, 0.25) is 0 Å². The molecule has 0 N–H and O–H groups in total. The molecule has 4 heteroatoms. The van der Waals surface area contributed by atoms with Crippen molar-refractivity contribution in [3.05, 3.63) is 12.2 Å². The minimum Gasteiger partial charge on any atom is -0.320 e. The van der Waals surface area contributed by atoms with Gasteiger partial charge in [0, 0.05) is 25.6 Å². The highest BCUT2D eigenvalue weighted by Crippen LogP contribution is 2.30. The summed E-state index contributed by atoms with van der Waals surface area (Å²) in [6.45, 7) is 2.48. The standard InChI is InChI=1S/C14H24N4/c1-17-11-15-16-14(17)12-6-5-9-18(10-12)13-7-3-2-4-8-13/h11-13H,2-10H2,1H3/t12-/m1/s1. The second-order valence-corrected chi connectivity index (χ2v) is 5.93. The Bertz CT molecular complexity index is 381. The van der Waals surface area contributed by atoms with Crippen LogP contribution in [0.5, 0.6) is 0 Å². The van der Waals surface area contributed by atoms with Crippen LogP contribution in [0.15, 0.2) is 6.33 Å². The molecule has 3 rings (SSSR count). The SMILES string of the molecule is Cn1cnnc1[C@@H]1CCCN(C2CCCCC2)C1. The summed E-state index contributed by atoms with van der Waals surface area (Å²) < 4.78 is 2.09. The van der Waals surface area contributed by atoms with Crippen molar-refractivity contribution >= 4 is 0 Å². The number of hydrogen-bond acceptors (Lipinski definition) is 3. The number of aryl methyl sites for hydroxylation is 1. The molecule has 1 saturated heterocycles. The third-order valence-electron chi connectivity index (χ3n) is 4.66. The van der Waals surface area contributed by atoms with Gasteiger partial charge < -0.3 is 4.57 Å². The molecule has 1 aliphatic heterocycles. The van der Waals surface area contributed by atoms with Crippen LogP contribution < -0.4 is 0 Å². The van der Waals surface area contributed by atoms with Crippen molar-refractivity contribution in [3.8, 4) is 0 Å². The fourth-order valence-electron chi connectivity index (χ4n) is 3.66. The fourth-order valence-corrected chi connectivity index (χ4v) is 3.66. The molecule has 1 aromatic rings. The highest BCUT2D eigenvalue weighted by Gasteiger charge is 2.29. The highest BCUT2D eigenvalue weighted by molar-refractivity contribution is 5.00. The van der Waals surface area contributed by atoms with Gasteiger partial charge >= 0.3 is 0 Å². The summed E-state index contributed by atoms with van der Waals surface area (Å²) in [5, 5.41) is 8.33. The summed E-state index contributed by atoms with van der Waals surface area (Å²) in [5.74, 6) is 1.77. The van der Waals surface area contributed by atoms with E-state index in [4.69, 9.17) is 0 Å². The lowest BCUT2D eigenvalue weighted by atomic mass is 9.90. The number of hydrogen-bond donors (Lipinski definition) is 0. The molecular weight excluding hydrogens is 224 g/mol. The van der Waals surface area contributed by atoms with Gasteiger partial charge in [0.25, 0.3) is 0 Å². The number of nitrogens with zero attached hydrogens (tertiary/aromatic N) is 4. The lowest BCUT2D eigenvalue weighted by Crippen LogP contribution is -2.43. The average molecular weight is 248 g/mol. The monoisotopic (exact) mass is 248 g/mol. The van der Waals surface area contributed by atoms with E-state index in [2.05, 4.69) is 26.7 Å². The molecule has 1 saturated carbocycles. The molecule has 0 radical (unpaired) electrons. The molecule has 18 heavy (non-hydrogen) atoms. The van der Waals surface area contributed by atoms with E-state index in [0.29, 0.717) is 5.92 Å². The van der Waals surface area contributed by atoms with Crippen molar-refractivity contribution in [2.75, 3.05) is 13.1 Å². The van der Waals surface area contributed by atoms with Gasteiger partial charge in [-0.05, 0) is 32.2 Å². The predicted molar refractivity (Wildman–Crippen MR) is 71.4 cm³/mol. The largest absolute Gasteiger partial charge is 0.320 e. The van der Waals surface area contributed by atoms with Gasteiger partial charge in [-0.25, -0.2) is 0 Å². The van der Waals surface area contributed by atoms with Gasteiger partial charge in [-0.2, -0.15) is 0 Å². The Morgan fingerprint density at radius 3 is 2.67 bits per heavy atom. The smallest absolute Gasteiger partial charge is 0.136 e. The Kier molecular flexibility index (Phi) is 3.64. The van der Waals surface area contributed by atoms with Crippen LogP contribution in [0.1, 0.15) is 56.7 Å². The summed E-state index contributed by atoms with van der Waals surface area (Å²) in [6, 6.07) is 0.842. The van der Waals surface area contributed by atoms with Crippen LogP contribution in [0.3, 0.4) is 0 Å². The maximum Gasteiger partial charge on any atom is 0.136 e. The van der Waals surface area contributed by atoms with E-state index in [1.807, 2.05) is 6.33 Å². The maximum absolute atomic E-state index is 4.31. The van der Waals surface area contributed by atoms with Crippen molar-refractivity contribution in [1.82, 2.24) is 19.7 Å². The zero-order chi connectivity index (χ0) is 12.4. The average Bonchev–Trinajstić information content (AvgIpc) is 2.86. The molecule has 1 atom stereocenters. The summed E-state index contributed by atoms with van der Waals surface area (Å²) in [5.41, 5.74) is 0. The van der Waals surface area contributed by atoms with E-state index in [1.165, 1.54) is 63.9 Å². The minimum atomic E-state index is 0.591. The van der Waals surface area contributed by atoms with E-state index in [1.54, 1.807) is 0 Å². The highest BCUT2D eigenvalue weighted by atomic mass is 15.3. The van der Waals surface area contributed by atoms with E-state index >= 15 is 0 Å². The van der Waals surface area contributed by atoms with Gasteiger partial charge in [-0.1, -0.05) is 19.3 Å². The molecule has 1 aromatic heterocycles. The van der Waals surface area contributed by atoms with Crippen LogP contribution >= 0.6 is 0 Å². The van der Waals surface area contributed by atoms with E-state index in [-0.39, 0.29) is 0 Å². The summed E-state index contributed by atoms with van der Waals surface area (Å²) in [4.78, 5) is 2.72. The summed E-state index contributed by atoms with van der Waals surface area (Å²) >= 11 is 0. The molecule has 1 aliphatic carbocycles. The molecular formula is C14H24N4. The van der Waals surface area contributed by atoms with Crippen molar-refractivity contribution in [1.29, 1.82) is 0 Å². The second kappa shape index (κ2) is 5.39. The van der Waals surface area contributed by atoms with Gasteiger partial charge in [0.1, 0.15) is 12.2 Å². The van der Waals surface area contributed by atoms with Crippen LogP contribution in [0, 0.1) is 0 Å². The predicted octanol–water partition coefficient (Wildman–Crippen LogP) is 2.33. The summed E-state index contributed by atoms with van der Waals surface area (Å²) in [7, 11) is 2.06. The van der Waals surface area contributed by atoms with Crippen LogP contribution in [0.25, 0.3) is 0 Å². The van der Waals surface area contributed by atoms with Crippen molar-refractivity contribution in [2.24, 2.45) is 7.05 Å². The van der Waals surface area contributed by atoms with Crippen LogP contribution in [0.4, 0.5) is 0 Å². The zero-order valence-corrected chi connectivity index (χ0v) is 11.4. The van der Waals surface area contributed by atoms with E-state index in [0.717, 1.165) is 6.04 Å². The summed E-state index contributed by atoms with van der Waals surface area (Å²) in [6.07, 6.45) is 11.5. The van der Waals surface area contributed by atoms with E-state index in [9.17, 15) is 0 Å². The molecule has 2 fully saturated rings. The lowest BCUT2D eigenvalue weighted by Gasteiger charge is -2.39. The number of likely N-dealkylation sites (tertiary alicyclic amines) is 1. The Hall–Kier alpha value is -0.900. The van der Waals surface area contributed by atoms with Crippen molar-refractivity contribution < 1.29 is 0 Å². The van der Waals surface area contributed by atoms with Gasteiger partial charge in [0.15, 0.2) is 0 Å². The molecule has 100 valence electrons. The molecule has 0 spiro atoms. The number of piperidine rings is 1. The maximum atomic E-state index is 4.31. The van der Waals surface area contributed by atoms with Crippen molar-refractivity contribution in [2.45, 2.75) is 56.9 Å². The molecule has 0 unspecified atom stereocenters. The Morgan fingerprint density at radius 2 is 1.94 bits per heavy atom.